The van der Waals surface area contributed by atoms with E-state index < -0.39 is 0 Å². The van der Waals surface area contributed by atoms with E-state index in [4.69, 9.17) is 4.74 Å². The fraction of sp³-hybridized carbons (Fsp3) is 1.00. The lowest BCUT2D eigenvalue weighted by molar-refractivity contribution is 0.0282. The predicted molar refractivity (Wildman–Crippen MR) is 81.3 cm³/mol. The molecule has 2 aliphatic rings. The summed E-state index contributed by atoms with van der Waals surface area (Å²) >= 11 is 0. The summed E-state index contributed by atoms with van der Waals surface area (Å²) in [5.74, 6) is 2.92. The van der Waals surface area contributed by atoms with Gasteiger partial charge in [0.15, 0.2) is 0 Å². The number of likely N-dealkylation sites (N-methyl/N-ethyl adjacent to an activating group) is 1. The quantitative estimate of drug-likeness (QED) is 0.785. The van der Waals surface area contributed by atoms with Crippen LogP contribution in [-0.4, -0.2) is 25.3 Å². The first kappa shape index (κ1) is 15.3. The van der Waals surface area contributed by atoms with E-state index >= 15 is 0 Å². The van der Waals surface area contributed by atoms with Gasteiger partial charge < -0.3 is 10.1 Å². The molecular formula is C17H33NO. The van der Waals surface area contributed by atoms with Crippen LogP contribution < -0.4 is 5.32 Å². The molecule has 0 aromatic rings. The van der Waals surface area contributed by atoms with Crippen molar-refractivity contribution in [2.24, 2.45) is 17.8 Å². The van der Waals surface area contributed by atoms with E-state index in [1.54, 1.807) is 0 Å². The molecule has 0 radical (unpaired) electrons. The minimum Gasteiger partial charge on any atom is -0.377 e. The highest BCUT2D eigenvalue weighted by molar-refractivity contribution is 4.88. The Morgan fingerprint density at radius 3 is 2.47 bits per heavy atom. The van der Waals surface area contributed by atoms with Gasteiger partial charge in [-0.3, -0.25) is 0 Å². The van der Waals surface area contributed by atoms with Crippen LogP contribution in [0.5, 0.6) is 0 Å². The van der Waals surface area contributed by atoms with Crippen molar-refractivity contribution in [1.82, 2.24) is 5.32 Å². The predicted octanol–water partition coefficient (Wildman–Crippen LogP) is 4.00. The molecular weight excluding hydrogens is 234 g/mol. The summed E-state index contributed by atoms with van der Waals surface area (Å²) in [5, 5.41) is 3.68. The van der Waals surface area contributed by atoms with Gasteiger partial charge in [0.1, 0.15) is 0 Å². The van der Waals surface area contributed by atoms with Crippen LogP contribution in [0.15, 0.2) is 0 Å². The van der Waals surface area contributed by atoms with E-state index in [0.29, 0.717) is 12.1 Å². The Labute approximate surface area is 119 Å². The Morgan fingerprint density at radius 2 is 1.79 bits per heavy atom. The number of hydrogen-bond donors (Lipinski definition) is 1. The van der Waals surface area contributed by atoms with Crippen LogP contribution in [0.1, 0.15) is 65.7 Å². The topological polar surface area (TPSA) is 21.3 Å². The molecule has 2 saturated carbocycles. The van der Waals surface area contributed by atoms with Crippen LogP contribution in [-0.2, 0) is 4.74 Å². The average molecular weight is 267 g/mol. The third-order valence-electron chi connectivity index (χ3n) is 5.22. The van der Waals surface area contributed by atoms with Gasteiger partial charge in [-0.25, -0.2) is 0 Å². The molecule has 0 heterocycles. The van der Waals surface area contributed by atoms with Gasteiger partial charge in [0, 0.05) is 6.04 Å². The monoisotopic (exact) mass is 267 g/mol. The van der Waals surface area contributed by atoms with Gasteiger partial charge in [-0.2, -0.15) is 0 Å². The molecule has 0 aromatic carbocycles. The fourth-order valence-corrected chi connectivity index (χ4v) is 4.20. The van der Waals surface area contributed by atoms with Crippen molar-refractivity contribution in [2.45, 2.75) is 77.9 Å². The normalized spacial score (nSPS) is 33.2. The zero-order valence-corrected chi connectivity index (χ0v) is 13.2. The van der Waals surface area contributed by atoms with Crippen LogP contribution in [0.4, 0.5) is 0 Å². The lowest BCUT2D eigenvalue weighted by Crippen LogP contribution is -2.44. The van der Waals surface area contributed by atoms with E-state index in [1.165, 1.54) is 44.9 Å². The molecule has 2 heteroatoms. The first-order valence-electron chi connectivity index (χ1n) is 8.55. The maximum absolute atomic E-state index is 5.88. The number of rotatable bonds is 6. The number of nitrogens with one attached hydrogen (secondary N) is 1. The number of ether oxygens (including phenoxy) is 1. The van der Waals surface area contributed by atoms with E-state index in [1.807, 2.05) is 0 Å². The highest BCUT2D eigenvalue weighted by Gasteiger charge is 2.35. The minimum atomic E-state index is 0.354. The van der Waals surface area contributed by atoms with Crippen LogP contribution >= 0.6 is 0 Å². The Hall–Kier alpha value is -0.0800. The first-order valence-corrected chi connectivity index (χ1v) is 8.55. The zero-order valence-electron chi connectivity index (χ0n) is 13.2. The summed E-state index contributed by atoms with van der Waals surface area (Å²) in [6, 6.07) is 0.579. The molecule has 2 fully saturated rings. The largest absolute Gasteiger partial charge is 0.377 e. The van der Waals surface area contributed by atoms with Crippen molar-refractivity contribution < 1.29 is 4.74 Å². The Bertz CT molecular complexity index is 254. The third-order valence-corrected chi connectivity index (χ3v) is 5.22. The summed E-state index contributed by atoms with van der Waals surface area (Å²) in [6.07, 6.45) is 10.6. The molecule has 0 amide bonds. The maximum atomic E-state index is 5.88. The summed E-state index contributed by atoms with van der Waals surface area (Å²) in [7, 11) is 0. The number of fused-ring (bicyclic) bond motifs is 1. The van der Waals surface area contributed by atoms with Crippen LogP contribution in [0.25, 0.3) is 0 Å². The molecule has 4 atom stereocenters. The second-order valence-corrected chi connectivity index (χ2v) is 6.92. The van der Waals surface area contributed by atoms with Gasteiger partial charge in [-0.15, -0.1) is 0 Å². The highest BCUT2D eigenvalue weighted by atomic mass is 16.5. The Balaban J connectivity index is 1.86. The minimum absolute atomic E-state index is 0.354. The molecule has 112 valence electrons. The lowest BCUT2D eigenvalue weighted by Gasteiger charge is -2.42. The van der Waals surface area contributed by atoms with Crippen molar-refractivity contribution in [3.8, 4) is 0 Å². The number of hydrogen-bond acceptors (Lipinski definition) is 2. The highest BCUT2D eigenvalue weighted by Crippen LogP contribution is 2.43. The molecule has 2 nitrogen and oxygen atoms in total. The molecule has 0 saturated heterocycles. The Kier molecular flexibility index (Phi) is 6.15. The van der Waals surface area contributed by atoms with Gasteiger partial charge >= 0.3 is 0 Å². The summed E-state index contributed by atoms with van der Waals surface area (Å²) < 4.78 is 5.88. The van der Waals surface area contributed by atoms with Gasteiger partial charge in [0.2, 0.25) is 0 Å². The fourth-order valence-electron chi connectivity index (χ4n) is 4.20. The summed E-state index contributed by atoms with van der Waals surface area (Å²) in [5.41, 5.74) is 0. The van der Waals surface area contributed by atoms with Crippen molar-refractivity contribution in [2.75, 3.05) is 13.2 Å². The van der Waals surface area contributed by atoms with E-state index in [2.05, 4.69) is 26.1 Å². The second kappa shape index (κ2) is 7.64. The van der Waals surface area contributed by atoms with Gasteiger partial charge in [0.25, 0.3) is 0 Å². The molecule has 0 spiro atoms. The average Bonchev–Trinajstić information content (AvgIpc) is 2.42. The van der Waals surface area contributed by atoms with Crippen LogP contribution in [0.3, 0.4) is 0 Å². The SMILES string of the molecule is CCNC(COC(C)C)C1CCC2CCCCC2C1. The van der Waals surface area contributed by atoms with Crippen molar-refractivity contribution >= 4 is 0 Å². The van der Waals surface area contributed by atoms with Crippen LogP contribution in [0, 0.1) is 17.8 Å². The molecule has 4 unspecified atom stereocenters. The molecule has 0 aliphatic heterocycles. The van der Waals surface area contributed by atoms with E-state index in [9.17, 15) is 0 Å². The van der Waals surface area contributed by atoms with Gasteiger partial charge in [0.05, 0.1) is 12.7 Å². The van der Waals surface area contributed by atoms with Gasteiger partial charge in [-0.05, 0) is 57.4 Å². The van der Waals surface area contributed by atoms with Crippen molar-refractivity contribution in [1.29, 1.82) is 0 Å². The standard InChI is InChI=1S/C17H33NO/c1-4-18-17(12-19-13(2)3)16-10-9-14-7-5-6-8-15(14)11-16/h13-18H,4-12H2,1-3H3. The molecule has 2 rings (SSSR count). The molecule has 19 heavy (non-hydrogen) atoms. The molecule has 1 N–H and O–H groups in total. The van der Waals surface area contributed by atoms with Crippen LogP contribution in [0.2, 0.25) is 0 Å². The van der Waals surface area contributed by atoms with Gasteiger partial charge in [-0.1, -0.05) is 32.6 Å². The molecule has 0 aromatic heterocycles. The molecule has 0 bridgehead atoms. The molecule has 2 aliphatic carbocycles. The van der Waals surface area contributed by atoms with Crippen molar-refractivity contribution in [3.05, 3.63) is 0 Å². The summed E-state index contributed by atoms with van der Waals surface area (Å²) in [6.45, 7) is 8.46. The Morgan fingerprint density at radius 1 is 1.05 bits per heavy atom. The second-order valence-electron chi connectivity index (χ2n) is 6.92. The third kappa shape index (κ3) is 4.46. The van der Waals surface area contributed by atoms with E-state index in [0.717, 1.165) is 30.9 Å². The zero-order chi connectivity index (χ0) is 13.7. The first-order chi connectivity index (χ1) is 9.20. The van der Waals surface area contributed by atoms with E-state index in [-0.39, 0.29) is 0 Å². The smallest absolute Gasteiger partial charge is 0.0625 e. The summed E-state index contributed by atoms with van der Waals surface area (Å²) in [4.78, 5) is 0. The lowest BCUT2D eigenvalue weighted by atomic mass is 9.66. The maximum Gasteiger partial charge on any atom is 0.0625 e. The van der Waals surface area contributed by atoms with Crippen molar-refractivity contribution in [3.63, 3.8) is 0 Å².